The molecule has 0 unspecified atom stereocenters. The quantitative estimate of drug-likeness (QED) is 0.481. The molecule has 1 heterocycles. The van der Waals surface area contributed by atoms with Crippen molar-refractivity contribution in [2.45, 2.75) is 5.16 Å². The fourth-order valence-electron chi connectivity index (χ4n) is 2.24. The maximum atomic E-state index is 13.0. The van der Waals surface area contributed by atoms with Crippen molar-refractivity contribution in [1.29, 1.82) is 0 Å². The van der Waals surface area contributed by atoms with Gasteiger partial charge in [0, 0.05) is 11.3 Å². The topological polar surface area (TPSA) is 95.1 Å². The van der Waals surface area contributed by atoms with Crippen molar-refractivity contribution < 1.29 is 13.9 Å². The van der Waals surface area contributed by atoms with Crippen LogP contribution in [0.5, 0.6) is 5.75 Å². The highest BCUT2D eigenvalue weighted by Gasteiger charge is 2.14. The highest BCUT2D eigenvalue weighted by atomic mass is 35.5. The van der Waals surface area contributed by atoms with E-state index in [1.54, 1.807) is 30.3 Å². The minimum absolute atomic E-state index is 0.0718. The molecule has 0 radical (unpaired) electrons. The molecule has 1 amide bonds. The molecule has 0 saturated carbocycles. The number of methoxy groups -OCH3 is 1. The predicted octanol–water partition coefficient (Wildman–Crippen LogP) is 3.19. The first-order valence-corrected chi connectivity index (χ1v) is 9.07. The first kappa shape index (κ1) is 19.0. The minimum Gasteiger partial charge on any atom is -0.495 e. The number of hydrogen-bond donors (Lipinski definition) is 2. The van der Waals surface area contributed by atoms with Gasteiger partial charge < -0.3 is 15.9 Å². The smallest absolute Gasteiger partial charge is 0.234 e. The Balaban J connectivity index is 1.62. The molecule has 0 aliphatic rings. The fourth-order valence-corrected chi connectivity index (χ4v) is 3.16. The first-order valence-electron chi connectivity index (χ1n) is 7.70. The van der Waals surface area contributed by atoms with Gasteiger partial charge in [0.2, 0.25) is 11.1 Å². The van der Waals surface area contributed by atoms with E-state index in [2.05, 4.69) is 15.5 Å². The van der Waals surface area contributed by atoms with Gasteiger partial charge in [-0.2, -0.15) is 0 Å². The van der Waals surface area contributed by atoms with E-state index in [9.17, 15) is 9.18 Å². The Bertz CT molecular complexity index is 964. The van der Waals surface area contributed by atoms with Gasteiger partial charge in [-0.3, -0.25) is 4.79 Å². The molecule has 3 N–H and O–H groups in total. The van der Waals surface area contributed by atoms with Gasteiger partial charge in [0.05, 0.1) is 17.9 Å². The van der Waals surface area contributed by atoms with Crippen molar-refractivity contribution in [3.05, 3.63) is 53.3 Å². The van der Waals surface area contributed by atoms with E-state index < -0.39 is 0 Å². The van der Waals surface area contributed by atoms with Crippen LogP contribution in [0.2, 0.25) is 5.02 Å². The summed E-state index contributed by atoms with van der Waals surface area (Å²) in [6.07, 6.45) is 0. The number of nitrogens with two attached hydrogens (primary N) is 1. The number of benzene rings is 2. The van der Waals surface area contributed by atoms with E-state index >= 15 is 0 Å². The molecule has 0 atom stereocenters. The molecule has 1 aromatic heterocycles. The van der Waals surface area contributed by atoms with E-state index in [0.29, 0.717) is 33.0 Å². The third-order valence-electron chi connectivity index (χ3n) is 3.53. The Morgan fingerprint density at radius 2 is 2.04 bits per heavy atom. The molecule has 0 spiro atoms. The summed E-state index contributed by atoms with van der Waals surface area (Å²) in [4.78, 5) is 12.1. The summed E-state index contributed by atoms with van der Waals surface area (Å²) in [5, 5.41) is 11.4. The lowest BCUT2D eigenvalue weighted by molar-refractivity contribution is -0.113. The molecule has 10 heteroatoms. The third kappa shape index (κ3) is 4.50. The summed E-state index contributed by atoms with van der Waals surface area (Å²) in [6, 6.07) is 10.7. The van der Waals surface area contributed by atoms with Gasteiger partial charge >= 0.3 is 0 Å². The van der Waals surface area contributed by atoms with Gasteiger partial charge in [-0.15, -0.1) is 10.2 Å². The molecule has 0 fully saturated rings. The molecule has 3 aromatic rings. The second-order valence-electron chi connectivity index (χ2n) is 5.37. The highest BCUT2D eigenvalue weighted by Crippen LogP contribution is 2.27. The largest absolute Gasteiger partial charge is 0.495 e. The number of nitrogen functional groups attached to an aromatic ring is 1. The Hall–Kier alpha value is -2.78. The third-order valence-corrected chi connectivity index (χ3v) is 4.77. The lowest BCUT2D eigenvalue weighted by Gasteiger charge is -2.08. The molecular formula is C17H15ClFN5O2S. The van der Waals surface area contributed by atoms with Crippen LogP contribution in [-0.4, -0.2) is 33.6 Å². The van der Waals surface area contributed by atoms with Crippen molar-refractivity contribution in [1.82, 2.24) is 14.9 Å². The molecule has 27 heavy (non-hydrogen) atoms. The molecule has 0 aliphatic carbocycles. The highest BCUT2D eigenvalue weighted by molar-refractivity contribution is 7.99. The van der Waals surface area contributed by atoms with Crippen molar-refractivity contribution in [3.8, 4) is 17.1 Å². The second-order valence-corrected chi connectivity index (χ2v) is 6.72. The minimum atomic E-state index is -0.355. The zero-order valence-corrected chi connectivity index (χ0v) is 15.7. The van der Waals surface area contributed by atoms with E-state index in [0.717, 1.165) is 11.8 Å². The molecule has 2 aromatic carbocycles. The summed E-state index contributed by atoms with van der Waals surface area (Å²) in [5.74, 6) is 6.33. The van der Waals surface area contributed by atoms with Crippen LogP contribution in [0.3, 0.4) is 0 Å². The van der Waals surface area contributed by atoms with Gasteiger partial charge in [0.25, 0.3) is 0 Å². The summed E-state index contributed by atoms with van der Waals surface area (Å²) < 4.78 is 19.4. The number of aromatic nitrogens is 3. The van der Waals surface area contributed by atoms with Crippen LogP contribution in [0, 0.1) is 5.82 Å². The maximum absolute atomic E-state index is 13.0. The maximum Gasteiger partial charge on any atom is 0.234 e. The van der Waals surface area contributed by atoms with Gasteiger partial charge in [0.15, 0.2) is 5.82 Å². The first-order chi connectivity index (χ1) is 13.0. The van der Waals surface area contributed by atoms with Crippen LogP contribution >= 0.6 is 23.4 Å². The standard InChI is InChI=1S/C17H15ClFN5O2S/c1-26-14-7-6-12(8-13(14)18)21-15(25)9-27-17-23-22-16(24(17)20)10-2-4-11(19)5-3-10/h2-8H,9,20H2,1H3,(H,21,25). The van der Waals surface area contributed by atoms with E-state index in [1.165, 1.54) is 23.9 Å². The summed E-state index contributed by atoms with van der Waals surface area (Å²) in [6.45, 7) is 0. The second kappa shape index (κ2) is 8.28. The number of thioether (sulfide) groups is 1. The Labute approximate surface area is 163 Å². The molecule has 7 nitrogen and oxygen atoms in total. The molecule has 0 saturated heterocycles. The number of nitrogens with zero attached hydrogens (tertiary/aromatic N) is 3. The lowest BCUT2D eigenvalue weighted by Crippen LogP contribution is -2.16. The van der Waals surface area contributed by atoms with Crippen molar-refractivity contribution >= 4 is 35.0 Å². The lowest BCUT2D eigenvalue weighted by atomic mass is 10.2. The van der Waals surface area contributed by atoms with Crippen LogP contribution in [-0.2, 0) is 4.79 Å². The number of halogens is 2. The number of hydrogen-bond acceptors (Lipinski definition) is 6. The van der Waals surface area contributed by atoms with E-state index in [-0.39, 0.29) is 17.5 Å². The van der Waals surface area contributed by atoms with Gasteiger partial charge in [-0.05, 0) is 42.5 Å². The fraction of sp³-hybridized carbons (Fsp3) is 0.118. The van der Waals surface area contributed by atoms with Crippen molar-refractivity contribution in [3.63, 3.8) is 0 Å². The number of nitrogens with one attached hydrogen (secondary N) is 1. The van der Waals surface area contributed by atoms with Gasteiger partial charge in [-0.1, -0.05) is 23.4 Å². The molecule has 140 valence electrons. The summed E-state index contributed by atoms with van der Waals surface area (Å²) in [5.41, 5.74) is 1.17. The van der Waals surface area contributed by atoms with Crippen LogP contribution in [0.1, 0.15) is 0 Å². The van der Waals surface area contributed by atoms with Crippen LogP contribution in [0.15, 0.2) is 47.6 Å². The molecular weight excluding hydrogens is 393 g/mol. The van der Waals surface area contributed by atoms with Crippen LogP contribution in [0.4, 0.5) is 10.1 Å². The Morgan fingerprint density at radius 1 is 1.30 bits per heavy atom. The molecule has 3 rings (SSSR count). The van der Waals surface area contributed by atoms with E-state index in [4.69, 9.17) is 22.2 Å². The van der Waals surface area contributed by atoms with E-state index in [1.807, 2.05) is 0 Å². The Morgan fingerprint density at radius 3 is 2.70 bits per heavy atom. The zero-order chi connectivity index (χ0) is 19.4. The van der Waals surface area contributed by atoms with Crippen LogP contribution in [0.25, 0.3) is 11.4 Å². The number of amides is 1. The molecule has 0 bridgehead atoms. The zero-order valence-electron chi connectivity index (χ0n) is 14.1. The van der Waals surface area contributed by atoms with Crippen LogP contribution < -0.4 is 15.9 Å². The number of carbonyl (C=O) groups is 1. The predicted molar refractivity (Wildman–Crippen MR) is 103 cm³/mol. The average Bonchev–Trinajstić information content (AvgIpc) is 3.01. The van der Waals surface area contributed by atoms with Crippen molar-refractivity contribution in [2.75, 3.05) is 24.0 Å². The summed E-state index contributed by atoms with van der Waals surface area (Å²) in [7, 11) is 1.51. The summed E-state index contributed by atoms with van der Waals surface area (Å²) >= 11 is 7.16. The number of carbonyl (C=O) groups excluding carboxylic acids is 1. The van der Waals surface area contributed by atoms with Gasteiger partial charge in [-0.25, -0.2) is 9.07 Å². The monoisotopic (exact) mass is 407 g/mol. The number of ether oxygens (including phenoxy) is 1. The number of rotatable bonds is 6. The average molecular weight is 408 g/mol. The SMILES string of the molecule is COc1ccc(NC(=O)CSc2nnc(-c3ccc(F)cc3)n2N)cc1Cl. The van der Waals surface area contributed by atoms with Crippen molar-refractivity contribution in [2.24, 2.45) is 0 Å². The Kier molecular flexibility index (Phi) is 5.82. The van der Waals surface area contributed by atoms with Gasteiger partial charge in [0.1, 0.15) is 11.6 Å². The molecule has 0 aliphatic heterocycles. The number of anilines is 1. The normalized spacial score (nSPS) is 10.6.